The van der Waals surface area contributed by atoms with E-state index in [2.05, 4.69) is 21.6 Å². The van der Waals surface area contributed by atoms with Crippen LogP contribution in [0.1, 0.15) is 51.9 Å². The Balaban J connectivity index is 1.88. The number of rotatable bonds is 3. The van der Waals surface area contributed by atoms with Crippen LogP contribution in [0.5, 0.6) is 0 Å². The Hall–Kier alpha value is -1.45. The number of carbonyl (C=O) groups is 1. The van der Waals surface area contributed by atoms with Gasteiger partial charge in [0.25, 0.3) is 0 Å². The maximum atomic E-state index is 10.6. The van der Waals surface area contributed by atoms with Crippen LogP contribution in [-0.2, 0) is 4.79 Å². The summed E-state index contributed by atoms with van der Waals surface area (Å²) in [7, 11) is 0. The number of hydrogen-bond donors (Lipinski definition) is 0. The van der Waals surface area contributed by atoms with E-state index in [-0.39, 0.29) is 0 Å². The largest absolute Gasteiger partial charge is 0.341 e. The van der Waals surface area contributed by atoms with Crippen molar-refractivity contribution in [2.75, 3.05) is 13.1 Å². The molecule has 4 nitrogen and oxygen atoms in total. The number of likely N-dealkylation sites (tertiary alicyclic amines) is 1. The van der Waals surface area contributed by atoms with Gasteiger partial charge in [-0.2, -0.15) is 0 Å². The summed E-state index contributed by atoms with van der Waals surface area (Å²) >= 11 is 0. The van der Waals surface area contributed by atoms with Gasteiger partial charge in [0.15, 0.2) is 0 Å². The highest BCUT2D eigenvalue weighted by atomic mass is 16.1. The third-order valence-electron chi connectivity index (χ3n) is 5.18. The molecular formula is C17H27N3O. The van der Waals surface area contributed by atoms with Crippen molar-refractivity contribution in [3.05, 3.63) is 12.3 Å². The molecule has 1 aliphatic heterocycles. The minimum absolute atomic E-state index is 0.503. The standard InChI is InChI=1S/C17H27N3O/c1-3-11-19-16(18-2)20-12-9-17(10-13-20)7-4-15(5-8-17)6-14-21/h3,11,14-15H,2,4-10,12-13H2,1H3/b11-3-,19-16?. The number of aliphatic imine (C=N–C) groups is 2. The summed E-state index contributed by atoms with van der Waals surface area (Å²) in [6, 6.07) is 0. The Bertz CT molecular complexity index is 410. The van der Waals surface area contributed by atoms with Crippen molar-refractivity contribution in [1.82, 2.24) is 4.90 Å². The number of carbonyl (C=O) groups excluding carboxylic acids is 1. The summed E-state index contributed by atoms with van der Waals surface area (Å²) in [6.07, 6.45) is 13.0. The summed E-state index contributed by atoms with van der Waals surface area (Å²) in [6.45, 7) is 7.63. The number of nitrogens with zero attached hydrogens (tertiary/aromatic N) is 3. The molecule has 0 amide bonds. The van der Waals surface area contributed by atoms with Crippen LogP contribution in [0, 0.1) is 11.3 Å². The minimum Gasteiger partial charge on any atom is -0.341 e. The van der Waals surface area contributed by atoms with Gasteiger partial charge in [-0.15, -0.1) is 0 Å². The van der Waals surface area contributed by atoms with Crippen molar-refractivity contribution in [1.29, 1.82) is 0 Å². The second-order valence-electron chi connectivity index (χ2n) is 6.40. The van der Waals surface area contributed by atoms with E-state index in [1.54, 1.807) is 6.20 Å². The first kappa shape index (κ1) is 15.9. The van der Waals surface area contributed by atoms with Gasteiger partial charge in [-0.05, 0) is 63.5 Å². The van der Waals surface area contributed by atoms with Gasteiger partial charge in [-0.1, -0.05) is 6.08 Å². The number of hydrogen-bond acceptors (Lipinski definition) is 2. The van der Waals surface area contributed by atoms with Gasteiger partial charge >= 0.3 is 0 Å². The van der Waals surface area contributed by atoms with Crippen molar-refractivity contribution >= 4 is 19.0 Å². The summed E-state index contributed by atoms with van der Waals surface area (Å²) in [5.74, 6) is 1.38. The van der Waals surface area contributed by atoms with Crippen molar-refractivity contribution in [2.45, 2.75) is 51.9 Å². The molecule has 21 heavy (non-hydrogen) atoms. The molecule has 1 spiro atoms. The normalized spacial score (nSPS) is 23.7. The van der Waals surface area contributed by atoms with Crippen molar-refractivity contribution in [3.63, 3.8) is 0 Å². The van der Waals surface area contributed by atoms with Crippen molar-refractivity contribution < 1.29 is 4.79 Å². The fourth-order valence-corrected chi connectivity index (χ4v) is 3.71. The van der Waals surface area contributed by atoms with Gasteiger partial charge in [0, 0.05) is 25.7 Å². The summed E-state index contributed by atoms with van der Waals surface area (Å²) in [4.78, 5) is 21.3. The highest BCUT2D eigenvalue weighted by Crippen LogP contribution is 2.46. The number of aldehydes is 1. The molecular weight excluding hydrogens is 262 g/mol. The molecule has 1 heterocycles. The molecule has 4 heteroatoms. The van der Waals surface area contributed by atoms with E-state index in [1.807, 2.05) is 13.0 Å². The molecule has 0 atom stereocenters. The number of guanidine groups is 1. The summed E-state index contributed by atoms with van der Waals surface area (Å²) < 4.78 is 0. The molecule has 1 aliphatic carbocycles. The molecule has 0 aromatic rings. The molecule has 0 radical (unpaired) electrons. The quantitative estimate of drug-likeness (QED) is 0.454. The molecule has 116 valence electrons. The molecule has 0 aromatic carbocycles. The molecule has 2 rings (SSSR count). The van der Waals surface area contributed by atoms with E-state index in [1.165, 1.54) is 38.5 Å². The Labute approximate surface area is 128 Å². The number of allylic oxidation sites excluding steroid dienone is 1. The van der Waals surface area contributed by atoms with E-state index < -0.39 is 0 Å². The summed E-state index contributed by atoms with van der Waals surface area (Å²) in [5.41, 5.74) is 0.503. The Morgan fingerprint density at radius 1 is 1.29 bits per heavy atom. The van der Waals surface area contributed by atoms with Crippen LogP contribution in [0.25, 0.3) is 0 Å². The van der Waals surface area contributed by atoms with Crippen LogP contribution in [0.2, 0.25) is 0 Å². The SMILES string of the molecule is C=NC(=N/C=C\C)N1CCC2(CCC(CC=O)CC2)CC1. The van der Waals surface area contributed by atoms with Crippen molar-refractivity contribution in [3.8, 4) is 0 Å². The smallest absolute Gasteiger partial charge is 0.224 e. The summed E-state index contributed by atoms with van der Waals surface area (Å²) in [5, 5.41) is 0. The molecule has 0 unspecified atom stereocenters. The zero-order valence-corrected chi connectivity index (χ0v) is 13.1. The lowest BCUT2D eigenvalue weighted by Crippen LogP contribution is -2.44. The zero-order valence-electron chi connectivity index (χ0n) is 13.1. The van der Waals surface area contributed by atoms with E-state index in [4.69, 9.17) is 0 Å². The first-order valence-corrected chi connectivity index (χ1v) is 8.07. The maximum absolute atomic E-state index is 10.6. The average molecular weight is 289 g/mol. The topological polar surface area (TPSA) is 45.0 Å². The maximum Gasteiger partial charge on any atom is 0.224 e. The van der Waals surface area contributed by atoms with Gasteiger partial charge in [0.05, 0.1) is 0 Å². The fraction of sp³-hybridized carbons (Fsp3) is 0.706. The zero-order chi connectivity index (χ0) is 15.1. The van der Waals surface area contributed by atoms with Crippen LogP contribution in [0.4, 0.5) is 0 Å². The second kappa shape index (κ2) is 7.53. The van der Waals surface area contributed by atoms with Crippen molar-refractivity contribution in [2.24, 2.45) is 21.3 Å². The molecule has 0 N–H and O–H groups in total. The van der Waals surface area contributed by atoms with Gasteiger partial charge in [-0.25, -0.2) is 9.98 Å². The molecule has 0 bridgehead atoms. The highest BCUT2D eigenvalue weighted by Gasteiger charge is 2.38. The van der Waals surface area contributed by atoms with E-state index in [9.17, 15) is 4.79 Å². The average Bonchev–Trinajstić information content (AvgIpc) is 2.52. The third-order valence-corrected chi connectivity index (χ3v) is 5.18. The lowest BCUT2D eigenvalue weighted by atomic mass is 9.65. The van der Waals surface area contributed by atoms with Gasteiger partial charge in [-0.3, -0.25) is 0 Å². The predicted molar refractivity (Wildman–Crippen MR) is 87.7 cm³/mol. The predicted octanol–water partition coefficient (Wildman–Crippen LogP) is 3.44. The minimum atomic E-state index is 0.503. The molecule has 0 aromatic heterocycles. The highest BCUT2D eigenvalue weighted by molar-refractivity contribution is 5.84. The van der Waals surface area contributed by atoms with Crippen LogP contribution >= 0.6 is 0 Å². The van der Waals surface area contributed by atoms with Gasteiger partial charge in [0.2, 0.25) is 5.96 Å². The van der Waals surface area contributed by atoms with Crippen LogP contribution in [-0.4, -0.2) is 37.0 Å². The lowest BCUT2D eigenvalue weighted by Gasteiger charge is -2.46. The van der Waals surface area contributed by atoms with Crippen LogP contribution in [0.3, 0.4) is 0 Å². The Morgan fingerprint density at radius 3 is 2.48 bits per heavy atom. The van der Waals surface area contributed by atoms with E-state index in [0.29, 0.717) is 11.3 Å². The fourth-order valence-electron chi connectivity index (χ4n) is 3.71. The monoisotopic (exact) mass is 289 g/mol. The van der Waals surface area contributed by atoms with E-state index >= 15 is 0 Å². The molecule has 2 aliphatic rings. The van der Waals surface area contributed by atoms with Gasteiger partial charge < -0.3 is 9.69 Å². The first-order chi connectivity index (χ1) is 10.2. The molecule has 1 saturated carbocycles. The number of piperidine rings is 1. The second-order valence-corrected chi connectivity index (χ2v) is 6.40. The van der Waals surface area contributed by atoms with Crippen LogP contribution < -0.4 is 0 Å². The molecule has 1 saturated heterocycles. The Morgan fingerprint density at radius 2 is 1.95 bits per heavy atom. The Kier molecular flexibility index (Phi) is 5.71. The molecule has 2 fully saturated rings. The van der Waals surface area contributed by atoms with E-state index in [0.717, 1.165) is 31.8 Å². The first-order valence-electron chi connectivity index (χ1n) is 8.07. The third kappa shape index (κ3) is 4.02. The van der Waals surface area contributed by atoms with Gasteiger partial charge in [0.1, 0.15) is 6.29 Å². The van der Waals surface area contributed by atoms with Crippen LogP contribution in [0.15, 0.2) is 22.3 Å². The lowest BCUT2D eigenvalue weighted by molar-refractivity contribution is -0.109.